The second kappa shape index (κ2) is 6.44. The Bertz CT molecular complexity index is 610. The Morgan fingerprint density at radius 1 is 1.41 bits per heavy atom. The van der Waals surface area contributed by atoms with E-state index in [1.54, 1.807) is 6.20 Å². The number of nitrogens with one attached hydrogen (secondary N) is 1. The van der Waals surface area contributed by atoms with Gasteiger partial charge in [-0.05, 0) is 45.8 Å². The Morgan fingerprint density at radius 2 is 2.18 bits per heavy atom. The van der Waals surface area contributed by atoms with Crippen LogP contribution in [0, 0.1) is 5.92 Å². The fraction of sp³-hybridized carbons (Fsp3) is 0.562. The molecule has 1 amide bonds. The van der Waals surface area contributed by atoms with Crippen molar-refractivity contribution in [3.05, 3.63) is 30.4 Å². The predicted molar refractivity (Wildman–Crippen MR) is 84.3 cm³/mol. The first-order chi connectivity index (χ1) is 10.6. The molecule has 0 unspecified atom stereocenters. The third kappa shape index (κ3) is 3.27. The van der Waals surface area contributed by atoms with Crippen LogP contribution in [0.5, 0.6) is 0 Å². The highest BCUT2D eigenvalue weighted by atomic mass is 16.1. The highest BCUT2D eigenvalue weighted by Crippen LogP contribution is 2.19. The van der Waals surface area contributed by atoms with Crippen LogP contribution in [0.3, 0.4) is 0 Å². The number of nitrogens with zero attached hydrogens (tertiary/aromatic N) is 4. The summed E-state index contributed by atoms with van der Waals surface area (Å²) in [7, 11) is 0. The largest absolute Gasteiger partial charge is 0.350 e. The Morgan fingerprint density at radius 3 is 2.86 bits per heavy atom. The number of carbonyl (C=O) groups is 1. The van der Waals surface area contributed by atoms with Crippen LogP contribution in [-0.2, 0) is 11.3 Å². The van der Waals surface area contributed by atoms with E-state index < -0.39 is 0 Å². The molecular formula is C16H23N5O. The highest BCUT2D eigenvalue weighted by molar-refractivity contribution is 5.78. The lowest BCUT2D eigenvalue weighted by atomic mass is 9.95. The first-order valence-electron chi connectivity index (χ1n) is 7.94. The number of aromatic nitrogens is 3. The van der Waals surface area contributed by atoms with E-state index in [2.05, 4.69) is 34.0 Å². The van der Waals surface area contributed by atoms with Crippen LogP contribution in [0.1, 0.15) is 32.4 Å². The van der Waals surface area contributed by atoms with Gasteiger partial charge in [-0.1, -0.05) is 0 Å². The molecule has 0 radical (unpaired) electrons. The van der Waals surface area contributed by atoms with Crippen LogP contribution in [0.15, 0.2) is 24.7 Å². The van der Waals surface area contributed by atoms with Crippen molar-refractivity contribution in [3.63, 3.8) is 0 Å². The van der Waals surface area contributed by atoms with Crippen molar-refractivity contribution in [2.75, 3.05) is 13.1 Å². The molecule has 0 aromatic carbocycles. The number of hydrogen-bond donors (Lipinski definition) is 1. The van der Waals surface area contributed by atoms with Gasteiger partial charge in [0.15, 0.2) is 0 Å². The zero-order valence-corrected chi connectivity index (χ0v) is 13.2. The summed E-state index contributed by atoms with van der Waals surface area (Å²) in [6.45, 7) is 6.89. The molecule has 6 nitrogen and oxygen atoms in total. The molecule has 2 aromatic rings. The number of imidazole rings is 1. The Balaban J connectivity index is 1.52. The number of likely N-dealkylation sites (tertiary alicyclic amines) is 1. The molecule has 1 N–H and O–H groups in total. The lowest BCUT2D eigenvalue weighted by Crippen LogP contribution is -2.42. The molecule has 0 bridgehead atoms. The normalized spacial score (nSPS) is 17.2. The molecule has 118 valence electrons. The summed E-state index contributed by atoms with van der Waals surface area (Å²) >= 11 is 0. The Labute approximate surface area is 130 Å². The molecule has 1 fully saturated rings. The Hall–Kier alpha value is -1.95. The summed E-state index contributed by atoms with van der Waals surface area (Å²) in [5.41, 5.74) is 0.840. The lowest BCUT2D eigenvalue weighted by molar-refractivity contribution is -0.126. The average molecular weight is 301 g/mol. The molecule has 6 heteroatoms. The summed E-state index contributed by atoms with van der Waals surface area (Å²) in [5.74, 6) is 0.940. The summed E-state index contributed by atoms with van der Waals surface area (Å²) < 4.78 is 1.86. The first-order valence-corrected chi connectivity index (χ1v) is 7.94. The second-order valence-corrected chi connectivity index (χ2v) is 6.18. The number of rotatable bonds is 4. The maximum absolute atomic E-state index is 12.3. The van der Waals surface area contributed by atoms with E-state index in [9.17, 15) is 4.79 Å². The minimum atomic E-state index is 0.130. The van der Waals surface area contributed by atoms with Gasteiger partial charge in [0.1, 0.15) is 0 Å². The minimum Gasteiger partial charge on any atom is -0.350 e. The molecular weight excluding hydrogens is 278 g/mol. The van der Waals surface area contributed by atoms with Gasteiger partial charge in [0.2, 0.25) is 11.7 Å². The van der Waals surface area contributed by atoms with E-state index in [0.29, 0.717) is 18.4 Å². The van der Waals surface area contributed by atoms with Gasteiger partial charge in [0.25, 0.3) is 0 Å². The standard InChI is InChI=1S/C16H23N5O/c1-12(2)20-8-4-13(5-9-20)15(22)18-10-14-11-21-7-3-6-17-16(21)19-14/h3,6-7,11-13H,4-5,8-10H2,1-2H3,(H,18,22). The fourth-order valence-electron chi connectivity index (χ4n) is 2.96. The zero-order valence-electron chi connectivity index (χ0n) is 13.2. The second-order valence-electron chi connectivity index (χ2n) is 6.18. The number of hydrogen-bond acceptors (Lipinski definition) is 4. The van der Waals surface area contributed by atoms with Crippen LogP contribution in [0.2, 0.25) is 0 Å². The summed E-state index contributed by atoms with van der Waals surface area (Å²) in [5, 5.41) is 3.01. The Kier molecular flexibility index (Phi) is 4.38. The van der Waals surface area contributed by atoms with Crippen LogP contribution in [0.25, 0.3) is 5.78 Å². The maximum atomic E-state index is 12.3. The number of carbonyl (C=O) groups excluding carboxylic acids is 1. The zero-order chi connectivity index (χ0) is 15.5. The summed E-state index contributed by atoms with van der Waals surface area (Å²) in [6.07, 6.45) is 7.41. The third-order valence-corrected chi connectivity index (χ3v) is 4.36. The van der Waals surface area contributed by atoms with Crippen molar-refractivity contribution >= 4 is 11.7 Å². The molecule has 0 saturated carbocycles. The van der Waals surface area contributed by atoms with Crippen molar-refractivity contribution < 1.29 is 4.79 Å². The van der Waals surface area contributed by atoms with E-state index in [4.69, 9.17) is 0 Å². The van der Waals surface area contributed by atoms with E-state index in [-0.39, 0.29) is 11.8 Å². The summed E-state index contributed by atoms with van der Waals surface area (Å²) in [6, 6.07) is 2.42. The van der Waals surface area contributed by atoms with Gasteiger partial charge in [0.05, 0.1) is 12.2 Å². The van der Waals surface area contributed by atoms with Crippen molar-refractivity contribution in [3.8, 4) is 0 Å². The van der Waals surface area contributed by atoms with E-state index in [1.165, 1.54) is 0 Å². The van der Waals surface area contributed by atoms with Crippen LogP contribution < -0.4 is 5.32 Å². The molecule has 0 spiro atoms. The third-order valence-electron chi connectivity index (χ3n) is 4.36. The van der Waals surface area contributed by atoms with E-state index in [1.807, 2.05) is 22.9 Å². The quantitative estimate of drug-likeness (QED) is 0.929. The lowest BCUT2D eigenvalue weighted by Gasteiger charge is -2.33. The van der Waals surface area contributed by atoms with Crippen LogP contribution >= 0.6 is 0 Å². The van der Waals surface area contributed by atoms with Crippen molar-refractivity contribution in [2.45, 2.75) is 39.3 Å². The van der Waals surface area contributed by atoms with E-state index >= 15 is 0 Å². The SMILES string of the molecule is CC(C)N1CCC(C(=O)NCc2cn3cccnc3n2)CC1. The first kappa shape index (κ1) is 15.0. The van der Waals surface area contributed by atoms with Gasteiger partial charge in [-0.2, -0.15) is 0 Å². The fourth-order valence-corrected chi connectivity index (χ4v) is 2.96. The van der Waals surface area contributed by atoms with Gasteiger partial charge in [0, 0.05) is 30.6 Å². The number of fused-ring (bicyclic) bond motifs is 1. The topological polar surface area (TPSA) is 62.5 Å². The van der Waals surface area contributed by atoms with Crippen molar-refractivity contribution in [1.29, 1.82) is 0 Å². The predicted octanol–water partition coefficient (Wildman–Crippen LogP) is 1.47. The molecule has 3 rings (SSSR count). The van der Waals surface area contributed by atoms with Gasteiger partial charge >= 0.3 is 0 Å². The number of piperidine rings is 1. The average Bonchev–Trinajstić information content (AvgIpc) is 2.95. The van der Waals surface area contributed by atoms with Crippen molar-refractivity contribution in [2.24, 2.45) is 5.92 Å². The van der Waals surface area contributed by atoms with Crippen LogP contribution in [-0.4, -0.2) is 44.3 Å². The van der Waals surface area contributed by atoms with Gasteiger partial charge < -0.3 is 10.2 Å². The van der Waals surface area contributed by atoms with E-state index in [0.717, 1.165) is 31.6 Å². The molecule has 0 atom stereocenters. The molecule has 1 saturated heterocycles. The molecule has 1 aliphatic heterocycles. The minimum absolute atomic E-state index is 0.130. The molecule has 2 aromatic heterocycles. The number of amides is 1. The van der Waals surface area contributed by atoms with Crippen LogP contribution in [0.4, 0.5) is 0 Å². The monoisotopic (exact) mass is 301 g/mol. The molecule has 3 heterocycles. The molecule has 22 heavy (non-hydrogen) atoms. The van der Waals surface area contributed by atoms with Crippen molar-refractivity contribution in [1.82, 2.24) is 24.6 Å². The van der Waals surface area contributed by atoms with Gasteiger partial charge in [-0.25, -0.2) is 9.97 Å². The maximum Gasteiger partial charge on any atom is 0.233 e. The molecule has 0 aliphatic carbocycles. The smallest absolute Gasteiger partial charge is 0.233 e. The van der Waals surface area contributed by atoms with Gasteiger partial charge in [-0.3, -0.25) is 9.20 Å². The molecule has 1 aliphatic rings. The highest BCUT2D eigenvalue weighted by Gasteiger charge is 2.25. The summed E-state index contributed by atoms with van der Waals surface area (Å²) in [4.78, 5) is 23.3. The van der Waals surface area contributed by atoms with Gasteiger partial charge in [-0.15, -0.1) is 0 Å².